The minimum Gasteiger partial charge on any atom is -0.504 e. The highest BCUT2D eigenvalue weighted by Crippen LogP contribution is 2.27. The Labute approximate surface area is 87.7 Å². The lowest BCUT2D eigenvalue weighted by molar-refractivity contribution is 0.100. The molecule has 1 atom stereocenters. The molecule has 0 aliphatic carbocycles. The van der Waals surface area contributed by atoms with Crippen molar-refractivity contribution in [1.29, 1.82) is 0 Å². The van der Waals surface area contributed by atoms with E-state index in [0.717, 1.165) is 6.42 Å². The third-order valence-corrected chi connectivity index (χ3v) is 2.70. The van der Waals surface area contributed by atoms with Gasteiger partial charge in [-0.25, -0.2) is 0 Å². The summed E-state index contributed by atoms with van der Waals surface area (Å²) in [6.45, 7) is 4.46. The second-order valence-corrected chi connectivity index (χ2v) is 3.80. The van der Waals surface area contributed by atoms with Crippen LogP contribution in [0.15, 0.2) is 0 Å². The Morgan fingerprint density at radius 1 is 1.67 bits per heavy atom. The topological polar surface area (TPSA) is 64.4 Å². The van der Waals surface area contributed by atoms with Crippen molar-refractivity contribution in [2.45, 2.75) is 26.3 Å². The molecule has 0 aromatic carbocycles. The number of Topliss-reactive ketones (excluding diaryl/α,β-unsaturated/α-hetero) is 1. The van der Waals surface area contributed by atoms with Crippen molar-refractivity contribution in [2.75, 3.05) is 13.2 Å². The molecule has 0 bridgehead atoms. The Morgan fingerprint density at radius 2 is 2.40 bits per heavy atom. The quantitative estimate of drug-likeness (QED) is 0.741. The smallest absolute Gasteiger partial charge is 0.183 e. The molecule has 1 N–H and O–H groups in total. The van der Waals surface area contributed by atoms with E-state index >= 15 is 0 Å². The van der Waals surface area contributed by atoms with Gasteiger partial charge in [0.15, 0.2) is 17.2 Å². The first-order valence-corrected chi connectivity index (χ1v) is 4.98. The van der Waals surface area contributed by atoms with Gasteiger partial charge in [-0.05, 0) is 13.3 Å². The number of ketones is 1. The summed E-state index contributed by atoms with van der Waals surface area (Å²) in [4.78, 5) is 11.2. The number of aromatic hydroxyl groups is 1. The molecule has 5 heteroatoms. The van der Waals surface area contributed by atoms with E-state index in [2.05, 4.69) is 5.10 Å². The van der Waals surface area contributed by atoms with Gasteiger partial charge in [0.05, 0.1) is 18.3 Å². The summed E-state index contributed by atoms with van der Waals surface area (Å²) in [6.07, 6.45) is 0.874. The number of hydrogen-bond acceptors (Lipinski definition) is 4. The maximum Gasteiger partial charge on any atom is 0.183 e. The van der Waals surface area contributed by atoms with E-state index in [4.69, 9.17) is 4.74 Å². The molecule has 2 heterocycles. The summed E-state index contributed by atoms with van der Waals surface area (Å²) < 4.78 is 6.94. The predicted molar refractivity (Wildman–Crippen MR) is 53.1 cm³/mol. The SMILES string of the molecule is CC(=O)c1nn(C2CCOC2)c(C)c1O. The van der Waals surface area contributed by atoms with E-state index < -0.39 is 0 Å². The molecule has 0 radical (unpaired) electrons. The minimum atomic E-state index is -0.215. The van der Waals surface area contributed by atoms with Gasteiger partial charge in [0, 0.05) is 13.5 Å². The average Bonchev–Trinajstić information content (AvgIpc) is 2.77. The van der Waals surface area contributed by atoms with E-state index in [1.807, 2.05) is 0 Å². The standard InChI is InChI=1S/C10H14N2O3/c1-6-10(14)9(7(2)13)11-12(6)8-3-4-15-5-8/h8,14H,3-5H2,1-2H3. The Bertz CT molecular complexity index is 392. The molecule has 82 valence electrons. The zero-order valence-corrected chi connectivity index (χ0v) is 8.86. The van der Waals surface area contributed by atoms with Crippen LogP contribution in [0.4, 0.5) is 0 Å². The van der Waals surface area contributed by atoms with Crippen LogP contribution in [-0.4, -0.2) is 33.9 Å². The molecule has 1 aliphatic heterocycles. The van der Waals surface area contributed by atoms with E-state index in [9.17, 15) is 9.90 Å². The van der Waals surface area contributed by atoms with Gasteiger partial charge in [0.2, 0.25) is 0 Å². The van der Waals surface area contributed by atoms with Crippen LogP contribution < -0.4 is 0 Å². The van der Waals surface area contributed by atoms with Crippen molar-refractivity contribution in [3.63, 3.8) is 0 Å². The average molecular weight is 210 g/mol. The summed E-state index contributed by atoms with van der Waals surface area (Å²) in [5, 5.41) is 13.8. The molecule has 0 amide bonds. The number of ether oxygens (including phenoxy) is 1. The van der Waals surface area contributed by atoms with Crippen molar-refractivity contribution in [3.05, 3.63) is 11.4 Å². The van der Waals surface area contributed by atoms with Crippen LogP contribution in [0, 0.1) is 6.92 Å². The fraction of sp³-hybridized carbons (Fsp3) is 0.600. The Hall–Kier alpha value is -1.36. The van der Waals surface area contributed by atoms with Crippen LogP contribution in [0.3, 0.4) is 0 Å². The monoisotopic (exact) mass is 210 g/mol. The van der Waals surface area contributed by atoms with Gasteiger partial charge in [-0.1, -0.05) is 0 Å². The molecule has 1 aliphatic rings. The van der Waals surface area contributed by atoms with E-state index in [1.165, 1.54) is 6.92 Å². The van der Waals surface area contributed by atoms with Crippen LogP contribution in [0.2, 0.25) is 0 Å². The summed E-state index contributed by atoms with van der Waals surface area (Å²) >= 11 is 0. The van der Waals surface area contributed by atoms with Crippen LogP contribution in [0.1, 0.15) is 35.6 Å². The summed E-state index contributed by atoms with van der Waals surface area (Å²) in [6, 6.07) is 0.143. The Morgan fingerprint density at radius 3 is 2.87 bits per heavy atom. The molecule has 0 spiro atoms. The van der Waals surface area contributed by atoms with Gasteiger partial charge in [0.25, 0.3) is 0 Å². The zero-order chi connectivity index (χ0) is 11.0. The molecule has 15 heavy (non-hydrogen) atoms. The second-order valence-electron chi connectivity index (χ2n) is 3.80. The van der Waals surface area contributed by atoms with Gasteiger partial charge in [-0.3, -0.25) is 9.48 Å². The first kappa shape index (κ1) is 10.2. The lowest BCUT2D eigenvalue weighted by Crippen LogP contribution is -2.12. The number of nitrogens with zero attached hydrogens (tertiary/aromatic N) is 2. The molecule has 1 aromatic heterocycles. The van der Waals surface area contributed by atoms with Crippen LogP contribution in [-0.2, 0) is 4.74 Å². The van der Waals surface area contributed by atoms with Gasteiger partial charge in [-0.15, -0.1) is 0 Å². The number of hydrogen-bond donors (Lipinski definition) is 1. The lowest BCUT2D eigenvalue weighted by Gasteiger charge is -2.09. The van der Waals surface area contributed by atoms with Crippen molar-refractivity contribution in [3.8, 4) is 5.75 Å². The third-order valence-electron chi connectivity index (χ3n) is 2.70. The predicted octanol–water partition coefficient (Wildman–Crippen LogP) is 1.06. The van der Waals surface area contributed by atoms with Crippen LogP contribution in [0.5, 0.6) is 5.75 Å². The number of carbonyl (C=O) groups is 1. The van der Waals surface area contributed by atoms with Gasteiger partial charge in [-0.2, -0.15) is 5.10 Å². The normalized spacial score (nSPS) is 20.8. The largest absolute Gasteiger partial charge is 0.504 e. The molecule has 1 saturated heterocycles. The summed E-state index contributed by atoms with van der Waals surface area (Å²) in [7, 11) is 0. The van der Waals surface area contributed by atoms with Crippen LogP contribution in [0.25, 0.3) is 0 Å². The van der Waals surface area contributed by atoms with Crippen molar-refractivity contribution in [1.82, 2.24) is 9.78 Å². The van der Waals surface area contributed by atoms with Crippen molar-refractivity contribution < 1.29 is 14.6 Å². The number of rotatable bonds is 2. The number of aromatic nitrogens is 2. The Kier molecular flexibility index (Phi) is 2.48. The van der Waals surface area contributed by atoms with E-state index in [1.54, 1.807) is 11.6 Å². The third kappa shape index (κ3) is 1.63. The molecule has 5 nitrogen and oxygen atoms in total. The second kappa shape index (κ2) is 3.66. The molecule has 0 saturated carbocycles. The fourth-order valence-corrected chi connectivity index (χ4v) is 1.82. The van der Waals surface area contributed by atoms with Crippen LogP contribution >= 0.6 is 0 Å². The minimum absolute atomic E-state index is 0.00519. The van der Waals surface area contributed by atoms with Crippen molar-refractivity contribution in [2.24, 2.45) is 0 Å². The highest BCUT2D eigenvalue weighted by Gasteiger charge is 2.24. The number of carbonyl (C=O) groups excluding carboxylic acids is 1. The maximum atomic E-state index is 11.2. The molecule has 1 unspecified atom stereocenters. The van der Waals surface area contributed by atoms with Crippen molar-refractivity contribution >= 4 is 5.78 Å². The summed E-state index contributed by atoms with van der Waals surface area (Å²) in [5.74, 6) is -0.220. The first-order chi connectivity index (χ1) is 7.11. The molecular formula is C10H14N2O3. The molecule has 1 aromatic rings. The van der Waals surface area contributed by atoms with E-state index in [-0.39, 0.29) is 23.3 Å². The highest BCUT2D eigenvalue weighted by atomic mass is 16.5. The van der Waals surface area contributed by atoms with Gasteiger partial charge >= 0.3 is 0 Å². The van der Waals surface area contributed by atoms with Gasteiger partial charge < -0.3 is 9.84 Å². The van der Waals surface area contributed by atoms with Gasteiger partial charge in [0.1, 0.15) is 0 Å². The first-order valence-electron chi connectivity index (χ1n) is 4.98. The lowest BCUT2D eigenvalue weighted by atomic mass is 10.2. The molecule has 1 fully saturated rings. The zero-order valence-electron chi connectivity index (χ0n) is 8.86. The fourth-order valence-electron chi connectivity index (χ4n) is 1.82. The maximum absolute atomic E-state index is 11.2. The molecular weight excluding hydrogens is 196 g/mol. The highest BCUT2D eigenvalue weighted by molar-refractivity contribution is 5.94. The Balaban J connectivity index is 2.39. The van der Waals surface area contributed by atoms with E-state index in [0.29, 0.717) is 18.9 Å². The summed E-state index contributed by atoms with van der Waals surface area (Å²) in [5.41, 5.74) is 0.787. The molecule has 2 rings (SSSR count).